The van der Waals surface area contributed by atoms with Crippen molar-refractivity contribution in [2.75, 3.05) is 0 Å². The molecule has 0 spiro atoms. The minimum Gasteiger partial charge on any atom is -0.481 e. The van der Waals surface area contributed by atoms with E-state index in [-0.39, 0.29) is 0 Å². The first-order chi connectivity index (χ1) is 11.0. The molecule has 2 aromatic carbocycles. The number of rotatable bonds is 3. The van der Waals surface area contributed by atoms with Crippen LogP contribution in [0.3, 0.4) is 0 Å². The molecular formula is C18H13Cl2NO2. The molecule has 0 aliphatic rings. The predicted molar refractivity (Wildman–Crippen MR) is 93.2 cm³/mol. The summed E-state index contributed by atoms with van der Waals surface area (Å²) in [7, 11) is 0. The molecule has 1 N–H and O–H groups in total. The molecule has 0 saturated carbocycles. The van der Waals surface area contributed by atoms with Crippen LogP contribution in [-0.2, 0) is 4.79 Å². The van der Waals surface area contributed by atoms with E-state index in [9.17, 15) is 4.79 Å². The van der Waals surface area contributed by atoms with Crippen molar-refractivity contribution in [3.05, 3.63) is 64.1 Å². The first-order valence-electron chi connectivity index (χ1n) is 7.05. The van der Waals surface area contributed by atoms with Gasteiger partial charge >= 0.3 is 5.97 Å². The van der Waals surface area contributed by atoms with Crippen LogP contribution >= 0.6 is 23.2 Å². The van der Waals surface area contributed by atoms with Crippen molar-refractivity contribution in [3.8, 4) is 11.3 Å². The van der Waals surface area contributed by atoms with E-state index in [0.717, 1.165) is 16.5 Å². The van der Waals surface area contributed by atoms with E-state index in [0.29, 0.717) is 21.3 Å². The molecule has 0 amide bonds. The van der Waals surface area contributed by atoms with E-state index in [1.165, 1.54) is 0 Å². The van der Waals surface area contributed by atoms with Gasteiger partial charge in [-0.25, -0.2) is 4.98 Å². The minimum atomic E-state index is -0.850. The summed E-state index contributed by atoms with van der Waals surface area (Å²) in [5.41, 5.74) is 2.89. The normalized spacial score (nSPS) is 12.3. The van der Waals surface area contributed by atoms with Crippen LogP contribution in [0.25, 0.3) is 22.2 Å². The smallest absolute Gasteiger partial charge is 0.310 e. The fourth-order valence-corrected chi connectivity index (χ4v) is 3.03. The Morgan fingerprint density at radius 2 is 1.78 bits per heavy atom. The van der Waals surface area contributed by atoms with Crippen LogP contribution in [0.2, 0.25) is 10.0 Å². The third-order valence-electron chi connectivity index (χ3n) is 3.80. The van der Waals surface area contributed by atoms with Crippen molar-refractivity contribution in [2.45, 2.75) is 12.8 Å². The van der Waals surface area contributed by atoms with Crippen LogP contribution < -0.4 is 0 Å². The Balaban J connectivity index is 2.10. The molecule has 1 atom stereocenters. The highest BCUT2D eigenvalue weighted by Crippen LogP contribution is 2.34. The van der Waals surface area contributed by atoms with E-state index in [4.69, 9.17) is 28.3 Å². The largest absolute Gasteiger partial charge is 0.481 e. The molecule has 23 heavy (non-hydrogen) atoms. The lowest BCUT2D eigenvalue weighted by molar-refractivity contribution is -0.138. The first kappa shape index (κ1) is 15.8. The van der Waals surface area contributed by atoms with E-state index >= 15 is 0 Å². The van der Waals surface area contributed by atoms with Crippen LogP contribution in [0.4, 0.5) is 0 Å². The topological polar surface area (TPSA) is 50.2 Å². The lowest BCUT2D eigenvalue weighted by atomic mass is 9.99. The lowest BCUT2D eigenvalue weighted by Gasteiger charge is -2.10. The number of fused-ring (bicyclic) bond motifs is 1. The number of nitrogens with zero attached hydrogens (tertiary/aromatic N) is 1. The Kier molecular flexibility index (Phi) is 4.24. The lowest BCUT2D eigenvalue weighted by Crippen LogP contribution is -2.07. The molecule has 116 valence electrons. The molecular weight excluding hydrogens is 333 g/mol. The highest BCUT2D eigenvalue weighted by Gasteiger charge is 2.15. The molecule has 0 aliphatic carbocycles. The molecule has 3 nitrogen and oxygen atoms in total. The summed E-state index contributed by atoms with van der Waals surface area (Å²) in [5.74, 6) is -1.41. The van der Waals surface area contributed by atoms with Crippen LogP contribution in [0.1, 0.15) is 18.4 Å². The van der Waals surface area contributed by atoms with Gasteiger partial charge in [0.1, 0.15) is 0 Å². The summed E-state index contributed by atoms with van der Waals surface area (Å²) in [6.07, 6.45) is 0. The zero-order valence-electron chi connectivity index (χ0n) is 12.3. The van der Waals surface area contributed by atoms with Gasteiger partial charge in [0.2, 0.25) is 0 Å². The van der Waals surface area contributed by atoms with Crippen molar-refractivity contribution in [2.24, 2.45) is 0 Å². The molecule has 3 aromatic rings. The van der Waals surface area contributed by atoms with Crippen molar-refractivity contribution < 1.29 is 9.90 Å². The number of hydrogen-bond donors (Lipinski definition) is 1. The van der Waals surface area contributed by atoms with E-state index < -0.39 is 11.9 Å². The quantitative estimate of drug-likeness (QED) is 0.691. The zero-order valence-corrected chi connectivity index (χ0v) is 13.8. The highest BCUT2D eigenvalue weighted by molar-refractivity contribution is 6.39. The average molecular weight is 346 g/mol. The number of carbonyl (C=O) groups is 1. The van der Waals surface area contributed by atoms with Gasteiger partial charge in [-0.1, -0.05) is 41.4 Å². The second-order valence-electron chi connectivity index (χ2n) is 5.31. The van der Waals surface area contributed by atoms with Gasteiger partial charge in [-0.05, 0) is 42.8 Å². The standard InChI is InChI=1S/C18H13Cl2NO2/c1-10(18(22)23)11-5-7-15-12(9-11)6-8-16(21-15)17-13(19)3-2-4-14(17)20/h2-10H,1H3,(H,22,23). The van der Waals surface area contributed by atoms with Gasteiger partial charge in [0.15, 0.2) is 0 Å². The van der Waals surface area contributed by atoms with Gasteiger partial charge in [-0.3, -0.25) is 4.79 Å². The maximum atomic E-state index is 11.1. The minimum absolute atomic E-state index is 0.542. The summed E-state index contributed by atoms with van der Waals surface area (Å²) < 4.78 is 0. The number of hydrogen-bond acceptors (Lipinski definition) is 2. The van der Waals surface area contributed by atoms with Crippen LogP contribution in [0.5, 0.6) is 0 Å². The summed E-state index contributed by atoms with van der Waals surface area (Å²) in [6.45, 7) is 1.66. The van der Waals surface area contributed by atoms with Crippen LogP contribution in [0.15, 0.2) is 48.5 Å². The van der Waals surface area contributed by atoms with E-state index in [1.807, 2.05) is 24.3 Å². The third kappa shape index (κ3) is 3.03. The number of pyridine rings is 1. The summed E-state index contributed by atoms with van der Waals surface area (Å²) in [4.78, 5) is 15.7. The molecule has 0 fully saturated rings. The van der Waals surface area contributed by atoms with Gasteiger partial charge in [-0.2, -0.15) is 0 Å². The first-order valence-corrected chi connectivity index (χ1v) is 7.81. The Morgan fingerprint density at radius 3 is 2.43 bits per heavy atom. The van der Waals surface area contributed by atoms with Crippen LogP contribution in [0, 0.1) is 0 Å². The molecule has 1 unspecified atom stereocenters. The number of benzene rings is 2. The Hall–Kier alpha value is -2.10. The van der Waals surface area contributed by atoms with Crippen molar-refractivity contribution in [1.29, 1.82) is 0 Å². The second kappa shape index (κ2) is 6.19. The predicted octanol–water partition coefficient (Wildman–Crippen LogP) is 5.40. The Bertz CT molecular complexity index is 888. The number of aliphatic carboxylic acids is 1. The fourth-order valence-electron chi connectivity index (χ4n) is 2.44. The molecule has 0 bridgehead atoms. The molecule has 5 heteroatoms. The summed E-state index contributed by atoms with van der Waals surface area (Å²) in [5, 5.41) is 11.1. The molecule has 0 saturated heterocycles. The van der Waals surface area contributed by atoms with Gasteiger partial charge in [-0.15, -0.1) is 0 Å². The fraction of sp³-hybridized carbons (Fsp3) is 0.111. The van der Waals surface area contributed by atoms with Crippen molar-refractivity contribution in [3.63, 3.8) is 0 Å². The second-order valence-corrected chi connectivity index (χ2v) is 6.12. The van der Waals surface area contributed by atoms with Gasteiger partial charge in [0.05, 0.1) is 27.2 Å². The number of aromatic nitrogens is 1. The zero-order chi connectivity index (χ0) is 16.6. The molecule has 1 heterocycles. The summed E-state index contributed by atoms with van der Waals surface area (Å²) >= 11 is 12.5. The average Bonchev–Trinajstić information content (AvgIpc) is 2.53. The number of carboxylic acid groups (broad SMARTS) is 1. The SMILES string of the molecule is CC(C(=O)O)c1ccc2nc(-c3c(Cl)cccc3Cl)ccc2c1. The summed E-state index contributed by atoms with van der Waals surface area (Å²) in [6, 6.07) is 14.5. The maximum Gasteiger partial charge on any atom is 0.310 e. The van der Waals surface area contributed by atoms with Gasteiger partial charge in [0.25, 0.3) is 0 Å². The Labute approximate surface area is 143 Å². The van der Waals surface area contributed by atoms with Crippen molar-refractivity contribution in [1.82, 2.24) is 4.98 Å². The molecule has 0 radical (unpaired) electrons. The maximum absolute atomic E-state index is 11.1. The molecule has 0 aliphatic heterocycles. The van der Waals surface area contributed by atoms with Gasteiger partial charge < -0.3 is 5.11 Å². The monoisotopic (exact) mass is 345 g/mol. The highest BCUT2D eigenvalue weighted by atomic mass is 35.5. The third-order valence-corrected chi connectivity index (χ3v) is 4.43. The van der Waals surface area contributed by atoms with E-state index in [1.54, 1.807) is 31.2 Å². The van der Waals surface area contributed by atoms with Crippen molar-refractivity contribution >= 4 is 40.1 Å². The number of halogens is 2. The van der Waals surface area contributed by atoms with Gasteiger partial charge in [0, 0.05) is 10.9 Å². The van der Waals surface area contributed by atoms with Crippen LogP contribution in [-0.4, -0.2) is 16.1 Å². The van der Waals surface area contributed by atoms with E-state index in [2.05, 4.69) is 4.98 Å². The number of carboxylic acids is 1. The molecule has 1 aromatic heterocycles. The molecule has 3 rings (SSSR count). The Morgan fingerprint density at radius 1 is 1.09 bits per heavy atom.